The van der Waals surface area contributed by atoms with Crippen molar-refractivity contribution in [3.05, 3.63) is 101 Å². The average molecular weight is 677 g/mol. The molecule has 5 rings (SSSR count). The van der Waals surface area contributed by atoms with E-state index in [0.29, 0.717) is 16.9 Å². The molecule has 4 aromatic rings. The van der Waals surface area contributed by atoms with Gasteiger partial charge in [-0.25, -0.2) is 9.48 Å². The highest BCUT2D eigenvalue weighted by Gasteiger charge is 2.45. The number of carbonyl (C=O) groups is 3. The largest absolute Gasteiger partial charge is 0.486 e. The molecular formula is C32H32N6O7S2. The van der Waals surface area contributed by atoms with Crippen LogP contribution in [0.3, 0.4) is 0 Å². The molecule has 0 bridgehead atoms. The Balaban J connectivity index is 1.45. The van der Waals surface area contributed by atoms with Gasteiger partial charge in [-0.2, -0.15) is 8.42 Å². The summed E-state index contributed by atoms with van der Waals surface area (Å²) in [5, 5.41) is 6.71. The summed E-state index contributed by atoms with van der Waals surface area (Å²) >= 11 is 5.78. The minimum Gasteiger partial charge on any atom is -0.486 e. The highest BCUT2D eigenvalue weighted by Crippen LogP contribution is 2.29. The Kier molecular flexibility index (Phi) is 9.67. The first kappa shape index (κ1) is 33.2. The van der Waals surface area contributed by atoms with Crippen LogP contribution < -0.4 is 25.7 Å². The van der Waals surface area contributed by atoms with E-state index in [2.05, 4.69) is 15.0 Å². The van der Waals surface area contributed by atoms with Gasteiger partial charge in [0.1, 0.15) is 19.6 Å². The zero-order chi connectivity index (χ0) is 33.9. The van der Waals surface area contributed by atoms with E-state index in [4.69, 9.17) is 21.5 Å². The van der Waals surface area contributed by atoms with E-state index >= 15 is 0 Å². The van der Waals surface area contributed by atoms with Crippen LogP contribution in [0.15, 0.2) is 86.6 Å². The lowest BCUT2D eigenvalue weighted by molar-refractivity contribution is -0.752. The summed E-state index contributed by atoms with van der Waals surface area (Å²) in [5.74, 6) is -1.43. The fourth-order valence-electron chi connectivity index (χ4n) is 4.85. The highest BCUT2D eigenvalue weighted by atomic mass is 32.2. The Morgan fingerprint density at radius 1 is 1.02 bits per heavy atom. The number of amides is 2. The number of esters is 1. The third-order valence-electron chi connectivity index (χ3n) is 7.40. The molecule has 1 aliphatic rings. The van der Waals surface area contributed by atoms with Crippen LogP contribution >= 0.6 is 12.2 Å². The number of aromatic nitrogens is 2. The SMILES string of the molecule is CCOC(=O)c1ccc(NC(=O)CC2C(=O)N(c3ccc(C)cc3)C(=S)N2Cc2/c(=N/S(=O)(=O)c3ccc(C)cc3)o[n-][n+]2C)cc1. The third-order valence-corrected chi connectivity index (χ3v) is 9.09. The van der Waals surface area contributed by atoms with Crippen LogP contribution in [0.5, 0.6) is 0 Å². The number of thiocarbonyl (C=S) groups is 1. The number of aryl methyl sites for hydroxylation is 3. The first-order chi connectivity index (χ1) is 22.4. The fourth-order valence-corrected chi connectivity index (χ4v) is 6.18. The summed E-state index contributed by atoms with van der Waals surface area (Å²) < 4.78 is 41.7. The van der Waals surface area contributed by atoms with Crippen molar-refractivity contribution >= 4 is 56.5 Å². The molecular weight excluding hydrogens is 645 g/mol. The van der Waals surface area contributed by atoms with Gasteiger partial charge in [0.2, 0.25) is 5.91 Å². The predicted octanol–water partition coefficient (Wildman–Crippen LogP) is 2.68. The maximum Gasteiger partial charge on any atom is 0.338 e. The van der Waals surface area contributed by atoms with E-state index in [9.17, 15) is 22.8 Å². The van der Waals surface area contributed by atoms with E-state index in [1.807, 2.05) is 26.0 Å². The van der Waals surface area contributed by atoms with Crippen LogP contribution in [0.1, 0.15) is 40.5 Å². The number of nitrogens with zero attached hydrogens (tertiary/aromatic N) is 5. The molecule has 15 heteroatoms. The molecule has 3 aromatic carbocycles. The Bertz CT molecular complexity index is 2000. The smallest absolute Gasteiger partial charge is 0.338 e. The lowest BCUT2D eigenvalue weighted by Crippen LogP contribution is -2.45. The predicted molar refractivity (Wildman–Crippen MR) is 173 cm³/mol. The standard InChI is InChI=1S/C32H32N6O7S2/c1-5-44-31(41)22-10-12-23(13-11-22)33-28(39)18-26-30(40)38(24-14-6-20(2)7-15-24)32(46)37(26)19-27-29(45-35-36(27)4)34-47(42,43)25-16-8-21(3)9-17-25/h6-17,26H,5,18-19H2,1-4H3,(H,33,39)/b34-29-. The van der Waals surface area contributed by atoms with Crippen molar-refractivity contribution in [3.8, 4) is 0 Å². The molecule has 47 heavy (non-hydrogen) atoms. The first-order valence-electron chi connectivity index (χ1n) is 14.6. The Labute approximate surface area is 276 Å². The molecule has 1 aliphatic heterocycles. The van der Waals surface area contributed by atoms with Gasteiger partial charge in [-0.3, -0.25) is 19.8 Å². The summed E-state index contributed by atoms with van der Waals surface area (Å²) in [7, 11) is -2.64. The second kappa shape index (κ2) is 13.7. The number of ether oxygens (including phenoxy) is 1. The Morgan fingerprint density at radius 2 is 1.64 bits per heavy atom. The first-order valence-corrected chi connectivity index (χ1v) is 16.4. The molecule has 1 fully saturated rings. The van der Waals surface area contributed by atoms with Crippen molar-refractivity contribution in [2.24, 2.45) is 11.4 Å². The van der Waals surface area contributed by atoms with Crippen molar-refractivity contribution in [1.82, 2.24) is 10.2 Å². The lowest BCUT2D eigenvalue weighted by atomic mass is 10.1. The maximum absolute atomic E-state index is 13.9. The number of sulfonamides is 1. The number of hydrogen-bond donors (Lipinski definition) is 1. The number of benzene rings is 3. The number of anilines is 2. The van der Waals surface area contributed by atoms with Crippen molar-refractivity contribution in [1.29, 1.82) is 0 Å². The number of hydrogen-bond acceptors (Lipinski definition) is 8. The van der Waals surface area contributed by atoms with Gasteiger partial charge in [0.05, 0.1) is 29.2 Å². The number of rotatable bonds is 10. The average Bonchev–Trinajstić information content (AvgIpc) is 3.48. The Morgan fingerprint density at radius 3 is 2.26 bits per heavy atom. The van der Waals surface area contributed by atoms with Crippen molar-refractivity contribution in [3.63, 3.8) is 0 Å². The molecule has 1 atom stereocenters. The molecule has 2 heterocycles. The molecule has 1 aromatic heterocycles. The van der Waals surface area contributed by atoms with Gasteiger partial charge in [0.15, 0.2) is 5.11 Å². The molecule has 244 valence electrons. The minimum absolute atomic E-state index is 0.0321. The summed E-state index contributed by atoms with van der Waals surface area (Å²) in [6.45, 7) is 5.53. The van der Waals surface area contributed by atoms with Crippen LogP contribution in [0.25, 0.3) is 0 Å². The van der Waals surface area contributed by atoms with E-state index in [1.165, 1.54) is 45.8 Å². The summed E-state index contributed by atoms with van der Waals surface area (Å²) in [6.07, 6.45) is -0.301. The Hall–Kier alpha value is -5.15. The van der Waals surface area contributed by atoms with E-state index in [1.54, 1.807) is 43.3 Å². The number of nitrogens with one attached hydrogen (secondary N) is 1. The molecule has 0 aliphatic carbocycles. The van der Waals surface area contributed by atoms with Gasteiger partial charge in [0.25, 0.3) is 27.2 Å². The van der Waals surface area contributed by atoms with E-state index < -0.39 is 33.8 Å². The van der Waals surface area contributed by atoms with Crippen LogP contribution in [0.2, 0.25) is 0 Å². The van der Waals surface area contributed by atoms with Gasteiger partial charge in [-0.15, -0.1) is 4.40 Å². The summed E-state index contributed by atoms with van der Waals surface area (Å²) in [6, 6.07) is 18.5. The van der Waals surface area contributed by atoms with Crippen molar-refractivity contribution in [2.45, 2.75) is 44.7 Å². The molecule has 0 saturated carbocycles. The van der Waals surface area contributed by atoms with Crippen LogP contribution in [0.4, 0.5) is 11.4 Å². The second-order valence-corrected chi connectivity index (χ2v) is 12.8. The zero-order valence-electron chi connectivity index (χ0n) is 26.0. The molecule has 0 spiro atoms. The number of carbonyl (C=O) groups excluding carboxylic acids is 3. The van der Waals surface area contributed by atoms with Crippen molar-refractivity contribution < 1.29 is 36.7 Å². The molecule has 1 unspecified atom stereocenters. The summed E-state index contributed by atoms with van der Waals surface area (Å²) in [5.41, 5.74) is 3.02. The zero-order valence-corrected chi connectivity index (χ0v) is 27.7. The normalized spacial score (nSPS) is 15.3. The molecule has 1 saturated heterocycles. The third kappa shape index (κ3) is 7.31. The van der Waals surface area contributed by atoms with Gasteiger partial charge in [-0.05, 0) is 81.5 Å². The minimum atomic E-state index is -4.18. The second-order valence-electron chi connectivity index (χ2n) is 10.8. The quantitative estimate of drug-likeness (QED) is 0.151. The van der Waals surface area contributed by atoms with Crippen LogP contribution in [-0.2, 0) is 37.9 Å². The molecule has 13 nitrogen and oxygen atoms in total. The van der Waals surface area contributed by atoms with E-state index in [-0.39, 0.29) is 40.8 Å². The van der Waals surface area contributed by atoms with Gasteiger partial charge >= 0.3 is 5.97 Å². The lowest BCUT2D eigenvalue weighted by Gasteiger charge is -2.22. The van der Waals surface area contributed by atoms with Crippen molar-refractivity contribution in [2.75, 3.05) is 16.8 Å². The monoisotopic (exact) mass is 676 g/mol. The van der Waals surface area contributed by atoms with E-state index in [0.717, 1.165) is 11.1 Å². The molecule has 0 radical (unpaired) electrons. The van der Waals surface area contributed by atoms with Crippen LogP contribution in [0, 0.1) is 13.8 Å². The molecule has 1 N–H and O–H groups in total. The summed E-state index contributed by atoms with van der Waals surface area (Å²) in [4.78, 5) is 42.0. The van der Waals surface area contributed by atoms with Crippen LogP contribution in [-0.4, -0.2) is 48.9 Å². The fraction of sp³-hybridized carbons (Fsp3) is 0.250. The van der Waals surface area contributed by atoms with Gasteiger partial charge in [0, 0.05) is 5.69 Å². The van der Waals surface area contributed by atoms with Gasteiger partial charge < -0.3 is 19.5 Å². The highest BCUT2D eigenvalue weighted by molar-refractivity contribution is 7.90. The van der Waals surface area contributed by atoms with Gasteiger partial charge in [-0.1, -0.05) is 35.4 Å². The molecule has 2 amide bonds. The maximum atomic E-state index is 13.9. The topological polar surface area (TPSA) is 157 Å².